The van der Waals surface area contributed by atoms with Crippen LogP contribution < -0.4 is 14.8 Å². The van der Waals surface area contributed by atoms with E-state index in [1.54, 1.807) is 12.1 Å². The zero-order valence-corrected chi connectivity index (χ0v) is 20.4. The second-order valence-corrected chi connectivity index (χ2v) is 9.22. The summed E-state index contributed by atoms with van der Waals surface area (Å²) in [6.45, 7) is 4.98. The number of thioether (sulfide) groups is 1. The molecule has 1 aliphatic rings. The van der Waals surface area contributed by atoms with E-state index in [9.17, 15) is 9.18 Å². The number of aromatic nitrogens is 3. The van der Waals surface area contributed by atoms with Gasteiger partial charge >= 0.3 is 0 Å². The van der Waals surface area contributed by atoms with E-state index in [2.05, 4.69) is 15.5 Å². The van der Waals surface area contributed by atoms with E-state index >= 15 is 0 Å². The molecule has 8 nitrogen and oxygen atoms in total. The lowest BCUT2D eigenvalue weighted by Gasteiger charge is -2.21. The van der Waals surface area contributed by atoms with E-state index in [1.807, 2.05) is 55.6 Å². The summed E-state index contributed by atoms with van der Waals surface area (Å²) in [5.74, 6) is 1.82. The largest absolute Gasteiger partial charge is 0.486 e. The lowest BCUT2D eigenvalue weighted by Crippen LogP contribution is -2.28. The number of hydrogen-bond acceptors (Lipinski definition) is 7. The topological polar surface area (TPSA) is 81.5 Å². The Morgan fingerprint density at radius 3 is 2.53 bits per heavy atom. The molecule has 2 heterocycles. The third-order valence-electron chi connectivity index (χ3n) is 5.67. The van der Waals surface area contributed by atoms with Gasteiger partial charge in [0.25, 0.3) is 0 Å². The number of carbonyl (C=O) groups is 1. The average molecular weight is 486 g/mol. The van der Waals surface area contributed by atoms with Crippen LogP contribution in [0.2, 0.25) is 0 Å². The molecule has 180 valence electrons. The monoisotopic (exact) mass is 485 g/mol. The minimum atomic E-state index is -0.319. The van der Waals surface area contributed by atoms with Gasteiger partial charge in [-0.2, -0.15) is 0 Å². The van der Waals surface area contributed by atoms with Gasteiger partial charge in [-0.15, -0.1) is 10.2 Å². The molecule has 0 saturated carbocycles. The molecule has 0 bridgehead atoms. The van der Waals surface area contributed by atoms with Crippen LogP contribution in [0.4, 0.5) is 4.39 Å². The number of benzene rings is 2. The number of amides is 1. The zero-order chi connectivity index (χ0) is 24.2. The van der Waals surface area contributed by atoms with Crippen molar-refractivity contribution < 1.29 is 18.7 Å². The Kier molecular flexibility index (Phi) is 7.38. The first-order valence-corrected chi connectivity index (χ1v) is 12.0. The van der Waals surface area contributed by atoms with Gasteiger partial charge < -0.3 is 14.8 Å². The van der Waals surface area contributed by atoms with Crippen molar-refractivity contribution in [1.82, 2.24) is 25.0 Å². The number of hydrogen-bond donors (Lipinski definition) is 1. The Labute approximate surface area is 202 Å². The highest BCUT2D eigenvalue weighted by molar-refractivity contribution is 7.99. The summed E-state index contributed by atoms with van der Waals surface area (Å²) in [4.78, 5) is 14.7. The van der Waals surface area contributed by atoms with E-state index in [-0.39, 0.29) is 29.6 Å². The molecule has 0 fully saturated rings. The Bertz CT molecular complexity index is 1150. The van der Waals surface area contributed by atoms with Gasteiger partial charge in [-0.3, -0.25) is 14.3 Å². The predicted octanol–water partition coefficient (Wildman–Crippen LogP) is 3.77. The van der Waals surface area contributed by atoms with E-state index in [4.69, 9.17) is 9.47 Å². The minimum Gasteiger partial charge on any atom is -0.486 e. The molecular formula is C24H28FN5O3S. The van der Waals surface area contributed by atoms with Crippen LogP contribution in [0.1, 0.15) is 37.3 Å². The molecule has 0 aliphatic carbocycles. The normalized spacial score (nSPS) is 14.6. The molecule has 1 amide bonds. The quantitative estimate of drug-likeness (QED) is 0.487. The molecule has 10 heteroatoms. The number of halogens is 1. The van der Waals surface area contributed by atoms with Crippen LogP contribution in [0.3, 0.4) is 0 Å². The van der Waals surface area contributed by atoms with E-state index in [1.165, 1.54) is 23.9 Å². The third-order valence-corrected chi connectivity index (χ3v) is 6.60. The molecule has 1 N–H and O–H groups in total. The Balaban J connectivity index is 1.46. The van der Waals surface area contributed by atoms with Gasteiger partial charge in [-0.05, 0) is 69.9 Å². The van der Waals surface area contributed by atoms with Gasteiger partial charge in [0.15, 0.2) is 22.5 Å². The first-order chi connectivity index (χ1) is 16.3. The third kappa shape index (κ3) is 5.34. The molecule has 34 heavy (non-hydrogen) atoms. The predicted molar refractivity (Wildman–Crippen MR) is 128 cm³/mol. The summed E-state index contributed by atoms with van der Waals surface area (Å²) in [5.41, 5.74) is 1.67. The molecule has 0 radical (unpaired) electrons. The van der Waals surface area contributed by atoms with Crippen LogP contribution in [0.5, 0.6) is 11.5 Å². The van der Waals surface area contributed by atoms with Gasteiger partial charge in [0.05, 0.1) is 17.8 Å². The fraction of sp³-hybridized carbons (Fsp3) is 0.375. The fourth-order valence-corrected chi connectivity index (χ4v) is 4.31. The Morgan fingerprint density at radius 2 is 1.82 bits per heavy atom. The molecule has 0 saturated heterocycles. The van der Waals surface area contributed by atoms with Crippen molar-refractivity contribution in [2.24, 2.45) is 0 Å². The number of fused-ring (bicyclic) bond motifs is 1. The van der Waals surface area contributed by atoms with Crippen molar-refractivity contribution in [3.8, 4) is 17.2 Å². The smallest absolute Gasteiger partial charge is 0.230 e. The summed E-state index contributed by atoms with van der Waals surface area (Å²) in [7, 11) is 3.90. The average Bonchev–Trinajstić information content (AvgIpc) is 3.26. The van der Waals surface area contributed by atoms with Gasteiger partial charge in [0.2, 0.25) is 5.91 Å². The number of nitrogens with zero attached hydrogens (tertiary/aromatic N) is 4. The van der Waals surface area contributed by atoms with Crippen molar-refractivity contribution in [3.05, 3.63) is 59.7 Å². The standard InChI is InChI=1S/C24H28FN5O3S/c1-15(17-5-10-20-21(13-17)33-12-11-32-20)26-22(31)14-34-24-28-27-23(16(2)29(3)4)30(24)19-8-6-18(25)7-9-19/h5-10,13,15-16H,11-12,14H2,1-4H3,(H,26,31)/t15-,16+/m1/s1. The SMILES string of the molecule is C[C@@H](NC(=O)CSc1nnc([C@H](C)N(C)C)n1-c1ccc(F)cc1)c1ccc2c(c1)OCCO2. The van der Waals surface area contributed by atoms with Crippen LogP contribution in [-0.4, -0.2) is 58.6 Å². The molecule has 1 aliphatic heterocycles. The molecule has 4 rings (SSSR count). The van der Waals surface area contributed by atoms with E-state index < -0.39 is 0 Å². The molecular weight excluding hydrogens is 457 g/mol. The molecule has 3 aromatic rings. The summed E-state index contributed by atoms with van der Waals surface area (Å²) in [6.07, 6.45) is 0. The maximum atomic E-state index is 13.5. The van der Waals surface area contributed by atoms with Gasteiger partial charge in [-0.1, -0.05) is 17.8 Å². The Hall–Kier alpha value is -3.11. The summed E-state index contributed by atoms with van der Waals surface area (Å²) in [6, 6.07) is 11.6. The van der Waals surface area contributed by atoms with Crippen molar-refractivity contribution in [3.63, 3.8) is 0 Å². The van der Waals surface area contributed by atoms with E-state index in [0.717, 1.165) is 11.3 Å². The van der Waals surface area contributed by atoms with Crippen molar-refractivity contribution >= 4 is 17.7 Å². The van der Waals surface area contributed by atoms with Crippen LogP contribution in [0.15, 0.2) is 47.6 Å². The highest BCUT2D eigenvalue weighted by atomic mass is 32.2. The maximum absolute atomic E-state index is 13.5. The molecule has 1 aromatic heterocycles. The fourth-order valence-electron chi connectivity index (χ4n) is 3.53. The number of nitrogens with one attached hydrogen (secondary N) is 1. The first kappa shape index (κ1) is 24.0. The number of carbonyl (C=O) groups excluding carboxylic acids is 1. The molecule has 2 atom stereocenters. The number of ether oxygens (including phenoxy) is 2. The molecule has 2 aromatic carbocycles. The lowest BCUT2D eigenvalue weighted by molar-refractivity contribution is -0.119. The summed E-state index contributed by atoms with van der Waals surface area (Å²) in [5, 5.41) is 12.3. The molecule has 0 unspecified atom stereocenters. The second-order valence-electron chi connectivity index (χ2n) is 8.27. The van der Waals surface area contributed by atoms with E-state index in [0.29, 0.717) is 35.7 Å². The zero-order valence-electron chi connectivity index (χ0n) is 19.6. The van der Waals surface area contributed by atoms with Gasteiger partial charge in [0, 0.05) is 5.69 Å². The summed E-state index contributed by atoms with van der Waals surface area (Å²) >= 11 is 1.28. The van der Waals surface area contributed by atoms with Crippen LogP contribution in [0.25, 0.3) is 5.69 Å². The van der Waals surface area contributed by atoms with Gasteiger partial charge in [-0.25, -0.2) is 4.39 Å². The molecule has 0 spiro atoms. The maximum Gasteiger partial charge on any atom is 0.230 e. The van der Waals surface area contributed by atoms with Crippen molar-refractivity contribution in [1.29, 1.82) is 0 Å². The van der Waals surface area contributed by atoms with Crippen LogP contribution >= 0.6 is 11.8 Å². The second kappa shape index (κ2) is 10.4. The van der Waals surface area contributed by atoms with Gasteiger partial charge in [0.1, 0.15) is 19.0 Å². The highest BCUT2D eigenvalue weighted by Crippen LogP contribution is 2.33. The highest BCUT2D eigenvalue weighted by Gasteiger charge is 2.22. The lowest BCUT2D eigenvalue weighted by atomic mass is 10.1. The first-order valence-electron chi connectivity index (χ1n) is 11.0. The summed E-state index contributed by atoms with van der Waals surface area (Å²) < 4.78 is 26.6. The van der Waals surface area contributed by atoms with Crippen molar-refractivity contribution in [2.45, 2.75) is 31.1 Å². The van der Waals surface area contributed by atoms with Crippen molar-refractivity contribution in [2.75, 3.05) is 33.1 Å². The number of rotatable bonds is 8. The minimum absolute atomic E-state index is 0.0315. The van der Waals surface area contributed by atoms with Crippen LogP contribution in [-0.2, 0) is 4.79 Å². The Morgan fingerprint density at radius 1 is 1.12 bits per heavy atom. The van der Waals surface area contributed by atoms with Crippen LogP contribution in [0, 0.1) is 5.82 Å².